The fraction of sp³-hybridized carbons (Fsp3) is 0.333. The highest BCUT2D eigenvalue weighted by molar-refractivity contribution is 8.00. The van der Waals surface area contributed by atoms with E-state index in [1.165, 1.54) is 11.8 Å². The summed E-state index contributed by atoms with van der Waals surface area (Å²) in [5, 5.41) is 17.6. The number of rotatable bonds is 4. The zero-order chi connectivity index (χ0) is 12.1. The number of nitriles is 1. The molecule has 0 aliphatic carbocycles. The summed E-state index contributed by atoms with van der Waals surface area (Å²) < 4.78 is 0. The third-order valence-electron chi connectivity index (χ3n) is 2.05. The zero-order valence-corrected chi connectivity index (χ0v) is 10.0. The normalized spacial score (nSPS) is 11.8. The predicted molar refractivity (Wildman–Crippen MR) is 63.5 cm³/mol. The van der Waals surface area contributed by atoms with Gasteiger partial charge in [0.25, 0.3) is 0 Å². The molecule has 0 aliphatic heterocycles. The number of hydrogen-bond donors (Lipinski definition) is 1. The van der Waals surface area contributed by atoms with E-state index < -0.39 is 5.97 Å². The van der Waals surface area contributed by atoms with Crippen LogP contribution in [0.25, 0.3) is 0 Å². The molecular weight excluding hydrogens is 222 g/mol. The summed E-state index contributed by atoms with van der Waals surface area (Å²) in [6.07, 6.45) is 0.101. The van der Waals surface area contributed by atoms with Gasteiger partial charge in [0.1, 0.15) is 6.07 Å². The smallest absolute Gasteiger partial charge is 0.304 e. The van der Waals surface area contributed by atoms with Gasteiger partial charge in [0, 0.05) is 10.1 Å². The molecule has 0 aromatic heterocycles. The minimum Gasteiger partial charge on any atom is -0.481 e. The summed E-state index contributed by atoms with van der Waals surface area (Å²) in [5.41, 5.74) is 1.65. The second-order valence-corrected chi connectivity index (χ2v) is 5.12. The topological polar surface area (TPSA) is 61.1 Å². The second kappa shape index (κ2) is 5.57. The van der Waals surface area contributed by atoms with Crippen molar-refractivity contribution in [2.75, 3.05) is 0 Å². The lowest BCUT2D eigenvalue weighted by Gasteiger charge is -2.10. The Morgan fingerprint density at radius 1 is 1.62 bits per heavy atom. The lowest BCUT2D eigenvalue weighted by molar-refractivity contribution is -0.136. The number of nitrogens with zero attached hydrogens (tertiary/aromatic N) is 1. The van der Waals surface area contributed by atoms with Gasteiger partial charge in [-0.3, -0.25) is 4.79 Å². The number of carboxylic acids is 1. The Labute approximate surface area is 99.1 Å². The van der Waals surface area contributed by atoms with Gasteiger partial charge in [-0.25, -0.2) is 0 Å². The van der Waals surface area contributed by atoms with E-state index in [0.717, 1.165) is 10.5 Å². The zero-order valence-electron chi connectivity index (χ0n) is 9.23. The van der Waals surface area contributed by atoms with Crippen LogP contribution in [0.5, 0.6) is 0 Å². The minimum absolute atomic E-state index is 0.0349. The van der Waals surface area contributed by atoms with E-state index in [1.807, 2.05) is 32.0 Å². The quantitative estimate of drug-likeness (QED) is 0.815. The first kappa shape index (κ1) is 12.6. The number of hydrogen-bond acceptors (Lipinski definition) is 3. The van der Waals surface area contributed by atoms with Crippen LogP contribution in [-0.4, -0.2) is 16.3 Å². The average molecular weight is 235 g/mol. The van der Waals surface area contributed by atoms with E-state index in [1.54, 1.807) is 0 Å². The van der Waals surface area contributed by atoms with E-state index >= 15 is 0 Å². The molecule has 0 aliphatic rings. The van der Waals surface area contributed by atoms with Crippen LogP contribution in [0.15, 0.2) is 23.1 Å². The number of aryl methyl sites for hydroxylation is 1. The van der Waals surface area contributed by atoms with Crippen LogP contribution >= 0.6 is 11.8 Å². The standard InChI is InChI=1S/C12H13NO2S/c1-8-3-4-11(10(5-8)7-13)16-9(2)6-12(14)15/h3-5,9H,6H2,1-2H3,(H,14,15). The number of benzene rings is 1. The highest BCUT2D eigenvalue weighted by Crippen LogP contribution is 2.28. The maximum atomic E-state index is 10.5. The molecule has 1 unspecified atom stereocenters. The Balaban J connectivity index is 2.81. The third kappa shape index (κ3) is 3.59. The van der Waals surface area contributed by atoms with Crippen molar-refractivity contribution in [3.8, 4) is 6.07 Å². The van der Waals surface area contributed by atoms with Gasteiger partial charge >= 0.3 is 5.97 Å². The van der Waals surface area contributed by atoms with Crippen LogP contribution < -0.4 is 0 Å². The molecule has 0 saturated heterocycles. The number of carboxylic acid groups (broad SMARTS) is 1. The van der Waals surface area contributed by atoms with Crippen LogP contribution in [0.4, 0.5) is 0 Å². The maximum Gasteiger partial charge on any atom is 0.304 e. The van der Waals surface area contributed by atoms with Gasteiger partial charge in [0.05, 0.1) is 12.0 Å². The summed E-state index contributed by atoms with van der Waals surface area (Å²) in [4.78, 5) is 11.4. The van der Waals surface area contributed by atoms with Crippen molar-refractivity contribution in [2.45, 2.75) is 30.4 Å². The molecule has 1 N–H and O–H groups in total. The molecule has 0 fully saturated rings. The van der Waals surface area contributed by atoms with Crippen molar-refractivity contribution in [2.24, 2.45) is 0 Å². The van der Waals surface area contributed by atoms with Crippen LogP contribution in [0, 0.1) is 18.3 Å². The van der Waals surface area contributed by atoms with E-state index in [0.29, 0.717) is 5.56 Å². The molecular formula is C12H13NO2S. The van der Waals surface area contributed by atoms with Crippen molar-refractivity contribution in [1.82, 2.24) is 0 Å². The van der Waals surface area contributed by atoms with Crippen molar-refractivity contribution in [1.29, 1.82) is 5.26 Å². The fourth-order valence-electron chi connectivity index (χ4n) is 1.34. The molecule has 0 amide bonds. The van der Waals surface area contributed by atoms with Gasteiger partial charge in [0.2, 0.25) is 0 Å². The van der Waals surface area contributed by atoms with Gasteiger partial charge in [-0.05, 0) is 24.6 Å². The first-order chi connectivity index (χ1) is 7.52. The van der Waals surface area contributed by atoms with Crippen molar-refractivity contribution in [3.05, 3.63) is 29.3 Å². The summed E-state index contributed by atoms with van der Waals surface area (Å²) >= 11 is 1.43. The molecule has 0 bridgehead atoms. The maximum absolute atomic E-state index is 10.5. The van der Waals surface area contributed by atoms with Crippen LogP contribution in [0.3, 0.4) is 0 Å². The predicted octanol–water partition coefficient (Wildman–Crippen LogP) is 2.82. The summed E-state index contributed by atoms with van der Waals surface area (Å²) in [6, 6.07) is 7.74. The summed E-state index contributed by atoms with van der Waals surface area (Å²) in [6.45, 7) is 3.77. The van der Waals surface area contributed by atoms with Crippen molar-refractivity contribution in [3.63, 3.8) is 0 Å². The molecule has 84 valence electrons. The summed E-state index contributed by atoms with van der Waals surface area (Å²) in [5.74, 6) is -0.814. The molecule has 1 aromatic rings. The molecule has 1 aromatic carbocycles. The SMILES string of the molecule is Cc1ccc(SC(C)CC(=O)O)c(C#N)c1. The highest BCUT2D eigenvalue weighted by atomic mass is 32.2. The average Bonchev–Trinajstić information content (AvgIpc) is 2.19. The van der Waals surface area contributed by atoms with Crippen molar-refractivity contribution >= 4 is 17.7 Å². The molecule has 0 heterocycles. The van der Waals surface area contributed by atoms with Gasteiger partial charge in [0.15, 0.2) is 0 Å². The number of carbonyl (C=O) groups is 1. The molecule has 3 nitrogen and oxygen atoms in total. The van der Waals surface area contributed by atoms with Crippen molar-refractivity contribution < 1.29 is 9.90 Å². The highest BCUT2D eigenvalue weighted by Gasteiger charge is 2.11. The molecule has 0 spiro atoms. The van der Waals surface area contributed by atoms with Gasteiger partial charge < -0.3 is 5.11 Å². The van der Waals surface area contributed by atoms with Gasteiger partial charge in [-0.15, -0.1) is 11.8 Å². The molecule has 16 heavy (non-hydrogen) atoms. The summed E-state index contributed by atoms with van der Waals surface area (Å²) in [7, 11) is 0. The fourth-order valence-corrected chi connectivity index (χ4v) is 2.38. The lowest BCUT2D eigenvalue weighted by Crippen LogP contribution is -2.05. The number of aliphatic carboxylic acids is 1. The molecule has 1 atom stereocenters. The van der Waals surface area contributed by atoms with Crippen LogP contribution in [-0.2, 0) is 4.79 Å². The van der Waals surface area contributed by atoms with E-state index in [4.69, 9.17) is 10.4 Å². The Hall–Kier alpha value is -1.47. The van der Waals surface area contributed by atoms with Crippen LogP contribution in [0.1, 0.15) is 24.5 Å². The largest absolute Gasteiger partial charge is 0.481 e. The molecule has 0 saturated carbocycles. The van der Waals surface area contributed by atoms with E-state index in [-0.39, 0.29) is 11.7 Å². The lowest BCUT2D eigenvalue weighted by atomic mass is 10.2. The molecule has 1 rings (SSSR count). The Kier molecular flexibility index (Phi) is 4.39. The monoisotopic (exact) mass is 235 g/mol. The Bertz CT molecular complexity index is 437. The van der Waals surface area contributed by atoms with Gasteiger partial charge in [-0.2, -0.15) is 5.26 Å². The van der Waals surface area contributed by atoms with E-state index in [2.05, 4.69) is 6.07 Å². The molecule has 0 radical (unpaired) electrons. The first-order valence-electron chi connectivity index (χ1n) is 4.92. The second-order valence-electron chi connectivity index (χ2n) is 3.64. The van der Waals surface area contributed by atoms with Gasteiger partial charge in [-0.1, -0.05) is 13.0 Å². The Morgan fingerprint density at radius 3 is 2.88 bits per heavy atom. The molecule has 4 heteroatoms. The minimum atomic E-state index is -0.814. The first-order valence-corrected chi connectivity index (χ1v) is 5.80. The van der Waals surface area contributed by atoms with Crippen LogP contribution in [0.2, 0.25) is 0 Å². The third-order valence-corrected chi connectivity index (χ3v) is 3.22. The Morgan fingerprint density at radius 2 is 2.31 bits per heavy atom. The number of thioether (sulfide) groups is 1. The van der Waals surface area contributed by atoms with E-state index in [9.17, 15) is 4.79 Å².